The molecular formula is C23H22ClNO3. The summed E-state index contributed by atoms with van der Waals surface area (Å²) in [5, 5.41) is 1.18. The summed E-state index contributed by atoms with van der Waals surface area (Å²) in [5.41, 5.74) is 3.17. The molecule has 28 heavy (non-hydrogen) atoms. The van der Waals surface area contributed by atoms with E-state index >= 15 is 0 Å². The molecule has 0 bridgehead atoms. The summed E-state index contributed by atoms with van der Waals surface area (Å²) < 4.78 is 12.7. The molecule has 0 unspecified atom stereocenters. The number of methoxy groups -OCH3 is 1. The van der Waals surface area contributed by atoms with Gasteiger partial charge in [-0.25, -0.2) is 0 Å². The minimum absolute atomic E-state index is 0. The van der Waals surface area contributed by atoms with E-state index in [-0.39, 0.29) is 18.4 Å². The third kappa shape index (κ3) is 4.78. The first-order valence-electron chi connectivity index (χ1n) is 8.69. The van der Waals surface area contributed by atoms with Crippen molar-refractivity contribution < 1.29 is 31.2 Å². The molecule has 3 aromatic rings. The van der Waals surface area contributed by atoms with Crippen LogP contribution < -0.4 is 26.4 Å². The van der Waals surface area contributed by atoms with Gasteiger partial charge in [0.05, 0.1) is 7.11 Å². The molecule has 0 N–H and O–H groups in total. The minimum atomic E-state index is -0.377. The van der Waals surface area contributed by atoms with E-state index in [1.807, 2.05) is 36.4 Å². The van der Waals surface area contributed by atoms with E-state index in [4.69, 9.17) is 9.47 Å². The van der Waals surface area contributed by atoms with E-state index in [1.165, 1.54) is 12.3 Å². The number of rotatable bonds is 6. The van der Waals surface area contributed by atoms with Crippen molar-refractivity contribution in [3.8, 4) is 11.5 Å². The van der Waals surface area contributed by atoms with Gasteiger partial charge < -0.3 is 21.9 Å². The number of allylic oxidation sites excluding steroid dienone is 1. The van der Waals surface area contributed by atoms with Gasteiger partial charge in [0.2, 0.25) is 11.2 Å². The number of nitrogens with zero attached hydrogens (tertiary/aromatic N) is 1. The van der Waals surface area contributed by atoms with Gasteiger partial charge >= 0.3 is 5.97 Å². The Bertz CT molecular complexity index is 1030. The molecule has 3 rings (SSSR count). The highest BCUT2D eigenvalue weighted by molar-refractivity contribution is 5.77. The van der Waals surface area contributed by atoms with Crippen molar-refractivity contribution in [3.63, 3.8) is 0 Å². The van der Waals surface area contributed by atoms with Crippen molar-refractivity contribution in [2.45, 2.75) is 13.5 Å². The van der Waals surface area contributed by atoms with Gasteiger partial charge in [0, 0.05) is 30.5 Å². The molecule has 0 aliphatic heterocycles. The van der Waals surface area contributed by atoms with Crippen LogP contribution in [-0.2, 0) is 11.3 Å². The van der Waals surface area contributed by atoms with Crippen LogP contribution in [0.15, 0.2) is 67.3 Å². The lowest BCUT2D eigenvalue weighted by Crippen LogP contribution is -3.00. The predicted octanol–water partition coefficient (Wildman–Crippen LogP) is 1.42. The molecule has 5 heteroatoms. The minimum Gasteiger partial charge on any atom is -1.00 e. The number of fused-ring (bicyclic) bond motifs is 1. The third-order valence-corrected chi connectivity index (χ3v) is 4.17. The highest BCUT2D eigenvalue weighted by atomic mass is 35.5. The lowest BCUT2D eigenvalue weighted by Gasteiger charge is -2.08. The molecule has 0 saturated carbocycles. The van der Waals surface area contributed by atoms with Crippen molar-refractivity contribution in [2.24, 2.45) is 0 Å². The number of carbonyl (C=O) groups excluding carboxylic acids is 1. The van der Waals surface area contributed by atoms with Gasteiger partial charge in [-0.3, -0.25) is 4.79 Å². The fourth-order valence-electron chi connectivity index (χ4n) is 2.97. The van der Waals surface area contributed by atoms with E-state index in [0.29, 0.717) is 11.5 Å². The van der Waals surface area contributed by atoms with Gasteiger partial charge in [-0.1, -0.05) is 24.8 Å². The standard InChI is InChI=1S/C23H22NO3.ClH/c1-4-15-24-20(13-11-19-7-5-6-8-21(19)24)12-9-18-10-14-22(27-17(2)25)23(16-18)26-3;/h4-14,16H,1,15H2,2-3H3;1H/q+1;/p-1. The molecular weight excluding hydrogens is 374 g/mol. The molecule has 0 aliphatic carbocycles. The van der Waals surface area contributed by atoms with Crippen LogP contribution in [0.25, 0.3) is 23.1 Å². The third-order valence-electron chi connectivity index (χ3n) is 4.17. The van der Waals surface area contributed by atoms with Crippen molar-refractivity contribution in [2.75, 3.05) is 7.11 Å². The predicted molar refractivity (Wildman–Crippen MR) is 108 cm³/mol. The second-order valence-corrected chi connectivity index (χ2v) is 6.05. The zero-order chi connectivity index (χ0) is 19.2. The van der Waals surface area contributed by atoms with E-state index < -0.39 is 0 Å². The Morgan fingerprint density at radius 2 is 1.86 bits per heavy atom. The molecule has 0 atom stereocenters. The van der Waals surface area contributed by atoms with Crippen molar-refractivity contribution in [3.05, 3.63) is 78.5 Å². The summed E-state index contributed by atoms with van der Waals surface area (Å²) in [6.07, 6.45) is 5.95. The quantitative estimate of drug-likeness (QED) is 0.274. The summed E-state index contributed by atoms with van der Waals surface area (Å²) in [6.45, 7) is 5.96. The molecule has 144 valence electrons. The maximum atomic E-state index is 11.2. The van der Waals surface area contributed by atoms with Gasteiger partial charge in [0.25, 0.3) is 0 Å². The number of hydrogen-bond acceptors (Lipinski definition) is 3. The number of halogens is 1. The van der Waals surface area contributed by atoms with Crippen LogP contribution in [0.3, 0.4) is 0 Å². The fourth-order valence-corrected chi connectivity index (χ4v) is 2.97. The molecule has 1 heterocycles. The normalized spacial score (nSPS) is 10.5. The Kier molecular flexibility index (Phi) is 7.36. The Balaban J connectivity index is 0.00000280. The fraction of sp³-hybridized carbons (Fsp3) is 0.130. The van der Waals surface area contributed by atoms with E-state index in [2.05, 4.69) is 41.5 Å². The summed E-state index contributed by atoms with van der Waals surface area (Å²) in [7, 11) is 1.55. The van der Waals surface area contributed by atoms with Crippen LogP contribution in [0.1, 0.15) is 18.2 Å². The van der Waals surface area contributed by atoms with E-state index in [1.54, 1.807) is 13.2 Å². The average molecular weight is 396 g/mol. The van der Waals surface area contributed by atoms with Gasteiger partial charge in [-0.2, -0.15) is 4.57 Å². The first-order valence-corrected chi connectivity index (χ1v) is 8.69. The van der Waals surface area contributed by atoms with Crippen LogP contribution in [-0.4, -0.2) is 13.1 Å². The number of ether oxygens (including phenoxy) is 2. The smallest absolute Gasteiger partial charge is 0.308 e. The number of benzene rings is 2. The van der Waals surface area contributed by atoms with Crippen LogP contribution >= 0.6 is 0 Å². The maximum absolute atomic E-state index is 11.2. The number of carbonyl (C=O) groups is 1. The summed E-state index contributed by atoms with van der Waals surface area (Å²) >= 11 is 0. The van der Waals surface area contributed by atoms with Gasteiger partial charge in [-0.05, 0) is 42.0 Å². The molecule has 4 nitrogen and oxygen atoms in total. The van der Waals surface area contributed by atoms with Crippen molar-refractivity contribution in [1.29, 1.82) is 0 Å². The lowest BCUT2D eigenvalue weighted by molar-refractivity contribution is -0.662. The summed E-state index contributed by atoms with van der Waals surface area (Å²) in [5.74, 6) is 0.553. The highest BCUT2D eigenvalue weighted by Gasteiger charge is 2.12. The Labute approximate surface area is 171 Å². The molecule has 0 spiro atoms. The molecule has 0 saturated heterocycles. The van der Waals surface area contributed by atoms with Crippen molar-refractivity contribution in [1.82, 2.24) is 0 Å². The number of pyridine rings is 1. The number of aromatic nitrogens is 1. The second kappa shape index (κ2) is 9.72. The summed E-state index contributed by atoms with van der Waals surface area (Å²) in [6, 6.07) is 17.9. The second-order valence-electron chi connectivity index (χ2n) is 6.05. The van der Waals surface area contributed by atoms with Crippen molar-refractivity contribution >= 4 is 29.0 Å². The molecule has 2 aromatic carbocycles. The van der Waals surface area contributed by atoms with Crippen LogP contribution in [0.4, 0.5) is 0 Å². The SMILES string of the molecule is C=CC[n+]1c(C=Cc2ccc(OC(C)=O)c(OC)c2)ccc2ccccc21.[Cl-]. The summed E-state index contributed by atoms with van der Waals surface area (Å²) in [4.78, 5) is 11.2. The molecule has 1 aromatic heterocycles. The average Bonchev–Trinajstić information content (AvgIpc) is 2.68. The molecule has 0 radical (unpaired) electrons. The first-order chi connectivity index (χ1) is 13.1. The van der Waals surface area contributed by atoms with E-state index in [9.17, 15) is 4.79 Å². The lowest BCUT2D eigenvalue weighted by atomic mass is 10.1. The number of hydrogen-bond donors (Lipinski definition) is 0. The van der Waals surface area contributed by atoms with Crippen LogP contribution in [0.2, 0.25) is 0 Å². The number of esters is 1. The monoisotopic (exact) mass is 395 g/mol. The highest BCUT2D eigenvalue weighted by Crippen LogP contribution is 2.29. The first kappa shape index (κ1) is 21.2. The largest absolute Gasteiger partial charge is 1.00 e. The Hall–Kier alpha value is -3.11. The van der Waals surface area contributed by atoms with Gasteiger partial charge in [0.15, 0.2) is 18.0 Å². The van der Waals surface area contributed by atoms with Crippen LogP contribution in [0, 0.1) is 0 Å². The Morgan fingerprint density at radius 1 is 1.07 bits per heavy atom. The van der Waals surface area contributed by atoms with Gasteiger partial charge in [0.1, 0.15) is 0 Å². The topological polar surface area (TPSA) is 39.4 Å². The Morgan fingerprint density at radius 3 is 2.57 bits per heavy atom. The zero-order valence-corrected chi connectivity index (χ0v) is 16.6. The van der Waals surface area contributed by atoms with Crippen LogP contribution in [0.5, 0.6) is 11.5 Å². The van der Waals surface area contributed by atoms with Gasteiger partial charge in [-0.15, -0.1) is 0 Å². The molecule has 0 aliphatic rings. The molecule has 0 amide bonds. The zero-order valence-electron chi connectivity index (χ0n) is 15.9. The number of para-hydroxylation sites is 1. The van der Waals surface area contributed by atoms with E-state index in [0.717, 1.165) is 23.3 Å². The maximum Gasteiger partial charge on any atom is 0.308 e. The molecule has 0 fully saturated rings.